The number of para-hydroxylation sites is 1. The molecule has 0 N–H and O–H groups in total. The number of thioether (sulfide) groups is 1. The molecule has 0 fully saturated rings. The van der Waals surface area contributed by atoms with E-state index < -0.39 is 4.92 Å². The summed E-state index contributed by atoms with van der Waals surface area (Å²) in [5.74, 6) is -0.237. The molecule has 0 radical (unpaired) electrons. The summed E-state index contributed by atoms with van der Waals surface area (Å²) in [5.41, 5.74) is 3.90. The molecular formula is C25H19FN4O3S. The van der Waals surface area contributed by atoms with Crippen molar-refractivity contribution in [2.75, 3.05) is 17.2 Å². The Labute approximate surface area is 199 Å². The molecular weight excluding hydrogens is 455 g/mol. The summed E-state index contributed by atoms with van der Waals surface area (Å²) in [5, 5.41) is 11.8. The maximum atomic E-state index is 13.6. The Kier molecular flexibility index (Phi) is 5.85. The molecule has 0 bridgehead atoms. The van der Waals surface area contributed by atoms with Gasteiger partial charge in [-0.15, -0.1) is 0 Å². The van der Waals surface area contributed by atoms with Gasteiger partial charge in [-0.1, -0.05) is 42.1 Å². The number of benzene rings is 3. The molecule has 34 heavy (non-hydrogen) atoms. The first-order valence-electron chi connectivity index (χ1n) is 10.6. The predicted octanol–water partition coefficient (Wildman–Crippen LogP) is 5.27. The Hall–Kier alpha value is -3.98. The van der Waals surface area contributed by atoms with Crippen LogP contribution in [0.2, 0.25) is 0 Å². The smallest absolute Gasteiger partial charge is 0.270 e. The van der Waals surface area contributed by atoms with E-state index in [1.807, 2.05) is 24.3 Å². The zero-order valence-corrected chi connectivity index (χ0v) is 18.7. The third kappa shape index (κ3) is 4.17. The fourth-order valence-electron chi connectivity index (χ4n) is 4.06. The van der Waals surface area contributed by atoms with E-state index in [0.29, 0.717) is 28.6 Å². The molecule has 1 aromatic heterocycles. The Balaban J connectivity index is 1.47. The molecule has 2 heterocycles. The molecule has 9 heteroatoms. The fraction of sp³-hybridized carbons (Fsp3) is 0.120. The second kappa shape index (κ2) is 9.11. The minimum absolute atomic E-state index is 0.0273. The Bertz CT molecular complexity index is 1390. The van der Waals surface area contributed by atoms with Crippen LogP contribution >= 0.6 is 11.8 Å². The minimum atomic E-state index is -0.454. The Morgan fingerprint density at radius 2 is 1.88 bits per heavy atom. The van der Waals surface area contributed by atoms with Crippen LogP contribution in [0.5, 0.6) is 0 Å². The highest BCUT2D eigenvalue weighted by atomic mass is 32.2. The normalized spacial score (nSPS) is 12.6. The number of hydrogen-bond donors (Lipinski definition) is 0. The van der Waals surface area contributed by atoms with Crippen LogP contribution in [0, 0.1) is 15.9 Å². The van der Waals surface area contributed by atoms with Crippen molar-refractivity contribution in [1.29, 1.82) is 0 Å². The number of nitro benzene ring substituents is 1. The van der Waals surface area contributed by atoms with Crippen LogP contribution in [0.25, 0.3) is 16.9 Å². The van der Waals surface area contributed by atoms with Crippen molar-refractivity contribution in [3.8, 4) is 16.9 Å². The molecule has 0 saturated heterocycles. The molecule has 1 amide bonds. The third-order valence-electron chi connectivity index (χ3n) is 5.68. The van der Waals surface area contributed by atoms with Crippen molar-refractivity contribution in [3.63, 3.8) is 0 Å². The van der Waals surface area contributed by atoms with Crippen LogP contribution in [0.1, 0.15) is 5.56 Å². The van der Waals surface area contributed by atoms with Gasteiger partial charge in [-0.05, 0) is 42.3 Å². The Morgan fingerprint density at radius 3 is 2.68 bits per heavy atom. The number of carbonyl (C=O) groups is 1. The highest BCUT2D eigenvalue weighted by molar-refractivity contribution is 7.99. The second-order valence-corrected chi connectivity index (χ2v) is 8.70. The molecule has 0 saturated carbocycles. The van der Waals surface area contributed by atoms with Crippen LogP contribution in [-0.4, -0.2) is 32.7 Å². The number of carbonyl (C=O) groups excluding carboxylic acids is 1. The van der Waals surface area contributed by atoms with Gasteiger partial charge in [0, 0.05) is 35.6 Å². The van der Waals surface area contributed by atoms with Gasteiger partial charge in [-0.2, -0.15) is 0 Å². The van der Waals surface area contributed by atoms with E-state index in [4.69, 9.17) is 0 Å². The molecule has 0 aliphatic carbocycles. The maximum absolute atomic E-state index is 13.6. The van der Waals surface area contributed by atoms with Crippen molar-refractivity contribution in [3.05, 3.63) is 100 Å². The topological polar surface area (TPSA) is 81.3 Å². The van der Waals surface area contributed by atoms with Gasteiger partial charge in [0.05, 0.1) is 22.6 Å². The number of rotatable bonds is 6. The maximum Gasteiger partial charge on any atom is 0.270 e. The van der Waals surface area contributed by atoms with Gasteiger partial charge in [-0.3, -0.25) is 19.5 Å². The lowest BCUT2D eigenvalue weighted by Gasteiger charge is -2.17. The van der Waals surface area contributed by atoms with Gasteiger partial charge < -0.3 is 4.90 Å². The standard InChI is InChI=1S/C25H19FN4O3S/c26-19-8-10-20(11-9-19)29-23(18-5-3-6-21(14-18)30(32)33)15-27-25(29)34-16-24(31)28-13-12-17-4-1-2-7-22(17)28/h1-11,14-15H,12-13,16H2. The first-order valence-corrected chi connectivity index (χ1v) is 11.6. The summed E-state index contributed by atoms with van der Waals surface area (Å²) >= 11 is 1.27. The number of nitrogens with zero attached hydrogens (tertiary/aromatic N) is 4. The van der Waals surface area contributed by atoms with Gasteiger partial charge in [-0.25, -0.2) is 9.37 Å². The highest BCUT2D eigenvalue weighted by Crippen LogP contribution is 2.33. The summed E-state index contributed by atoms with van der Waals surface area (Å²) in [6, 6.07) is 20.0. The van der Waals surface area contributed by atoms with E-state index in [2.05, 4.69) is 4.98 Å². The fourth-order valence-corrected chi connectivity index (χ4v) is 4.93. The van der Waals surface area contributed by atoms with E-state index in [0.717, 1.165) is 17.7 Å². The zero-order valence-electron chi connectivity index (χ0n) is 17.9. The number of aromatic nitrogens is 2. The molecule has 5 rings (SSSR count). The summed E-state index contributed by atoms with van der Waals surface area (Å²) in [6.45, 7) is 0.643. The number of anilines is 1. The molecule has 0 spiro atoms. The number of amides is 1. The number of fused-ring (bicyclic) bond motifs is 1. The average Bonchev–Trinajstić information content (AvgIpc) is 3.48. The highest BCUT2D eigenvalue weighted by Gasteiger charge is 2.25. The molecule has 4 aromatic rings. The average molecular weight is 475 g/mol. The van der Waals surface area contributed by atoms with Gasteiger partial charge >= 0.3 is 0 Å². The lowest BCUT2D eigenvalue weighted by molar-refractivity contribution is -0.384. The van der Waals surface area contributed by atoms with Crippen LogP contribution < -0.4 is 4.90 Å². The Morgan fingerprint density at radius 1 is 1.09 bits per heavy atom. The summed E-state index contributed by atoms with van der Waals surface area (Å²) in [7, 11) is 0. The first-order chi connectivity index (χ1) is 16.5. The van der Waals surface area contributed by atoms with E-state index in [1.54, 1.807) is 39.9 Å². The minimum Gasteiger partial charge on any atom is -0.311 e. The summed E-state index contributed by atoms with van der Waals surface area (Å²) < 4.78 is 15.4. The quantitative estimate of drug-likeness (QED) is 0.216. The number of halogens is 1. The van der Waals surface area contributed by atoms with E-state index >= 15 is 0 Å². The largest absolute Gasteiger partial charge is 0.311 e. The number of non-ortho nitro benzene ring substituents is 1. The van der Waals surface area contributed by atoms with Crippen LogP contribution in [-0.2, 0) is 11.2 Å². The van der Waals surface area contributed by atoms with Crippen molar-refractivity contribution in [2.24, 2.45) is 0 Å². The van der Waals surface area contributed by atoms with E-state index in [-0.39, 0.29) is 23.2 Å². The number of nitro groups is 1. The van der Waals surface area contributed by atoms with Gasteiger partial charge in [0.1, 0.15) is 5.82 Å². The van der Waals surface area contributed by atoms with Crippen LogP contribution in [0.3, 0.4) is 0 Å². The lowest BCUT2D eigenvalue weighted by Crippen LogP contribution is -2.30. The number of hydrogen-bond acceptors (Lipinski definition) is 5. The molecule has 1 aliphatic rings. The predicted molar refractivity (Wildman–Crippen MR) is 129 cm³/mol. The summed E-state index contributed by atoms with van der Waals surface area (Å²) in [6.07, 6.45) is 2.44. The lowest BCUT2D eigenvalue weighted by atomic mass is 10.1. The van der Waals surface area contributed by atoms with Gasteiger partial charge in [0.2, 0.25) is 5.91 Å². The monoisotopic (exact) mass is 474 g/mol. The SMILES string of the molecule is O=C(CSc1ncc(-c2cccc([N+](=O)[O-])c2)n1-c1ccc(F)cc1)N1CCc2ccccc21. The molecule has 0 atom stereocenters. The van der Waals surface area contributed by atoms with Gasteiger partial charge in [0.15, 0.2) is 5.16 Å². The van der Waals surface area contributed by atoms with Crippen molar-refractivity contribution < 1.29 is 14.1 Å². The van der Waals surface area contributed by atoms with Crippen molar-refractivity contribution >= 4 is 29.0 Å². The van der Waals surface area contributed by atoms with E-state index in [1.165, 1.54) is 36.0 Å². The zero-order chi connectivity index (χ0) is 23.7. The van der Waals surface area contributed by atoms with Crippen molar-refractivity contribution in [1.82, 2.24) is 9.55 Å². The van der Waals surface area contributed by atoms with Crippen LogP contribution in [0.15, 0.2) is 84.1 Å². The van der Waals surface area contributed by atoms with E-state index in [9.17, 15) is 19.3 Å². The van der Waals surface area contributed by atoms with Crippen LogP contribution in [0.4, 0.5) is 15.8 Å². The molecule has 7 nitrogen and oxygen atoms in total. The molecule has 170 valence electrons. The molecule has 0 unspecified atom stereocenters. The number of imidazole rings is 1. The third-order valence-corrected chi connectivity index (χ3v) is 6.62. The first kappa shape index (κ1) is 21.8. The van der Waals surface area contributed by atoms with Crippen molar-refractivity contribution in [2.45, 2.75) is 11.6 Å². The second-order valence-electron chi connectivity index (χ2n) is 7.76. The molecule has 3 aromatic carbocycles. The van der Waals surface area contributed by atoms with Gasteiger partial charge in [0.25, 0.3) is 5.69 Å². The summed E-state index contributed by atoms with van der Waals surface area (Å²) in [4.78, 5) is 30.1. The molecule has 1 aliphatic heterocycles.